The number of carbonyl (C=O) groups excluding carboxylic acids is 1. The summed E-state index contributed by atoms with van der Waals surface area (Å²) >= 11 is 0. The number of hydrogen-bond donors (Lipinski definition) is 1. The number of fused-ring (bicyclic) bond motifs is 2. The van der Waals surface area contributed by atoms with Crippen LogP contribution < -0.4 is 10.2 Å². The molecule has 9 heteroatoms. The summed E-state index contributed by atoms with van der Waals surface area (Å²) in [4.78, 5) is 20.0. The van der Waals surface area contributed by atoms with Crippen LogP contribution in [0.25, 0.3) is 33.2 Å². The molecule has 0 unspecified atom stereocenters. The monoisotopic (exact) mass is 481 g/mol. The largest absolute Gasteiger partial charge is 0.370 e. The molecule has 1 saturated heterocycles. The van der Waals surface area contributed by atoms with Gasteiger partial charge in [0.25, 0.3) is 0 Å². The second-order valence-corrected chi connectivity index (χ2v) is 9.36. The van der Waals surface area contributed by atoms with Crippen molar-refractivity contribution >= 4 is 39.3 Å². The first-order chi connectivity index (χ1) is 17.6. The second kappa shape index (κ2) is 9.07. The fraction of sp³-hybridized carbons (Fsp3) is 0.296. The van der Waals surface area contributed by atoms with Gasteiger partial charge in [-0.15, -0.1) is 0 Å². The van der Waals surface area contributed by atoms with E-state index >= 15 is 0 Å². The summed E-state index contributed by atoms with van der Waals surface area (Å²) in [6.45, 7) is 6.01. The average molecular weight is 482 g/mol. The quantitative estimate of drug-likeness (QED) is 0.382. The number of anilines is 2. The van der Waals surface area contributed by atoms with Gasteiger partial charge in [0.2, 0.25) is 5.91 Å². The number of benzene rings is 2. The highest BCUT2D eigenvalue weighted by atomic mass is 16.6. The SMILES string of the molecule is Cc1cccc(-c2ccnc3c2c(C)nn3CC(=O)Nc2ccc(N3CCCCC3)c3nonc23)c1. The van der Waals surface area contributed by atoms with E-state index < -0.39 is 0 Å². The molecule has 1 aliphatic heterocycles. The van der Waals surface area contributed by atoms with E-state index in [-0.39, 0.29) is 12.5 Å². The van der Waals surface area contributed by atoms with Crippen molar-refractivity contribution < 1.29 is 9.42 Å². The molecule has 0 bridgehead atoms. The standard InChI is InChI=1S/C27H27N7O2/c1-17-7-6-8-19(15-17)20-11-12-28-27-24(20)18(2)30-34(27)16-23(35)29-21-9-10-22(26-25(21)31-36-32-26)33-13-4-3-5-14-33/h6-12,15H,3-5,13-14,16H2,1-2H3,(H,29,35). The molecule has 1 aliphatic rings. The summed E-state index contributed by atoms with van der Waals surface area (Å²) in [5.41, 5.74) is 7.62. The van der Waals surface area contributed by atoms with Crippen molar-refractivity contribution in [1.29, 1.82) is 0 Å². The van der Waals surface area contributed by atoms with Gasteiger partial charge in [0.05, 0.1) is 17.1 Å². The topological polar surface area (TPSA) is 102 Å². The molecule has 1 fully saturated rings. The van der Waals surface area contributed by atoms with Crippen molar-refractivity contribution in [2.24, 2.45) is 0 Å². The highest BCUT2D eigenvalue weighted by molar-refractivity contribution is 6.03. The van der Waals surface area contributed by atoms with Crippen molar-refractivity contribution in [2.45, 2.75) is 39.7 Å². The minimum atomic E-state index is -0.225. The lowest BCUT2D eigenvalue weighted by molar-refractivity contribution is -0.116. The van der Waals surface area contributed by atoms with E-state index in [2.05, 4.69) is 55.7 Å². The van der Waals surface area contributed by atoms with Crippen molar-refractivity contribution in [3.8, 4) is 11.1 Å². The van der Waals surface area contributed by atoms with Crippen LogP contribution in [0, 0.1) is 13.8 Å². The van der Waals surface area contributed by atoms with E-state index in [1.165, 1.54) is 12.0 Å². The molecule has 3 aromatic heterocycles. The zero-order valence-corrected chi connectivity index (χ0v) is 20.4. The van der Waals surface area contributed by atoms with Gasteiger partial charge >= 0.3 is 0 Å². The Morgan fingerprint density at radius 2 is 1.86 bits per heavy atom. The first-order valence-electron chi connectivity index (χ1n) is 12.3. The molecular weight excluding hydrogens is 454 g/mol. The van der Waals surface area contributed by atoms with Gasteiger partial charge in [0.15, 0.2) is 16.7 Å². The molecular formula is C27H27N7O2. The number of nitrogens with zero attached hydrogens (tertiary/aromatic N) is 6. The number of aromatic nitrogens is 5. The number of pyridine rings is 1. The third-order valence-electron chi connectivity index (χ3n) is 6.80. The van der Waals surface area contributed by atoms with Gasteiger partial charge in [0.1, 0.15) is 6.54 Å². The number of rotatable bonds is 5. The van der Waals surface area contributed by atoms with Crippen LogP contribution in [0.2, 0.25) is 0 Å². The minimum Gasteiger partial charge on any atom is -0.370 e. The van der Waals surface area contributed by atoms with E-state index in [1.54, 1.807) is 10.9 Å². The molecule has 4 heterocycles. The highest BCUT2D eigenvalue weighted by Gasteiger charge is 2.21. The fourth-order valence-electron chi connectivity index (χ4n) is 5.12. The Morgan fingerprint density at radius 1 is 1.03 bits per heavy atom. The summed E-state index contributed by atoms with van der Waals surface area (Å²) in [7, 11) is 0. The van der Waals surface area contributed by atoms with Crippen molar-refractivity contribution in [3.63, 3.8) is 0 Å². The Hall–Kier alpha value is -4.27. The van der Waals surface area contributed by atoms with Gasteiger partial charge in [-0.3, -0.25) is 4.79 Å². The van der Waals surface area contributed by atoms with Gasteiger partial charge in [-0.1, -0.05) is 29.8 Å². The fourth-order valence-corrected chi connectivity index (χ4v) is 5.12. The Morgan fingerprint density at radius 3 is 2.69 bits per heavy atom. The molecule has 6 rings (SSSR count). The Balaban J connectivity index is 1.28. The summed E-state index contributed by atoms with van der Waals surface area (Å²) in [6.07, 6.45) is 5.32. The van der Waals surface area contributed by atoms with Crippen LogP contribution in [0.1, 0.15) is 30.5 Å². The Kier molecular flexibility index (Phi) is 5.59. The van der Waals surface area contributed by atoms with Gasteiger partial charge in [-0.2, -0.15) is 5.10 Å². The maximum atomic E-state index is 13.1. The molecule has 36 heavy (non-hydrogen) atoms. The predicted octanol–water partition coefficient (Wildman–Crippen LogP) is 4.88. The van der Waals surface area contributed by atoms with Gasteiger partial charge < -0.3 is 10.2 Å². The molecule has 0 saturated carbocycles. The van der Waals surface area contributed by atoms with E-state index in [0.717, 1.165) is 53.8 Å². The van der Waals surface area contributed by atoms with Crippen LogP contribution >= 0.6 is 0 Å². The van der Waals surface area contributed by atoms with E-state index in [4.69, 9.17) is 4.63 Å². The number of hydrogen-bond acceptors (Lipinski definition) is 7. The Labute approximate surface area is 208 Å². The zero-order valence-electron chi connectivity index (χ0n) is 20.4. The second-order valence-electron chi connectivity index (χ2n) is 9.36. The smallest absolute Gasteiger partial charge is 0.246 e. The Bertz CT molecular complexity index is 1580. The maximum absolute atomic E-state index is 13.1. The lowest BCUT2D eigenvalue weighted by Crippen LogP contribution is -2.29. The molecule has 5 aromatic rings. The molecule has 0 atom stereocenters. The summed E-state index contributed by atoms with van der Waals surface area (Å²) in [5.74, 6) is -0.225. The molecule has 1 amide bonds. The normalized spacial score (nSPS) is 14.0. The van der Waals surface area contributed by atoms with Crippen LogP contribution in [0.15, 0.2) is 53.3 Å². The van der Waals surface area contributed by atoms with Gasteiger partial charge in [-0.25, -0.2) is 14.3 Å². The molecule has 182 valence electrons. The highest BCUT2D eigenvalue weighted by Crippen LogP contribution is 2.32. The third kappa shape index (κ3) is 3.96. The van der Waals surface area contributed by atoms with Crippen molar-refractivity contribution in [3.05, 3.63) is 59.9 Å². The van der Waals surface area contributed by atoms with E-state index in [9.17, 15) is 4.79 Å². The van der Waals surface area contributed by atoms with Crippen molar-refractivity contribution in [1.82, 2.24) is 25.1 Å². The third-order valence-corrected chi connectivity index (χ3v) is 6.80. The molecule has 9 nitrogen and oxygen atoms in total. The van der Waals surface area contributed by atoms with Crippen molar-refractivity contribution in [2.75, 3.05) is 23.3 Å². The number of piperidine rings is 1. The summed E-state index contributed by atoms with van der Waals surface area (Å²) < 4.78 is 6.71. The molecule has 0 aliphatic carbocycles. The molecule has 0 radical (unpaired) electrons. The number of amides is 1. The van der Waals surface area contributed by atoms with Crippen LogP contribution in [-0.2, 0) is 11.3 Å². The van der Waals surface area contributed by atoms with Gasteiger partial charge in [-0.05, 0) is 72.7 Å². The van der Waals surface area contributed by atoms with Crippen LogP contribution in [-0.4, -0.2) is 44.1 Å². The number of aryl methyl sites for hydroxylation is 2. The maximum Gasteiger partial charge on any atom is 0.246 e. The summed E-state index contributed by atoms with van der Waals surface area (Å²) in [6, 6.07) is 14.2. The van der Waals surface area contributed by atoms with E-state index in [1.807, 2.05) is 31.2 Å². The minimum absolute atomic E-state index is 0.0231. The zero-order chi connectivity index (χ0) is 24.6. The predicted molar refractivity (Wildman–Crippen MR) is 139 cm³/mol. The first-order valence-corrected chi connectivity index (χ1v) is 12.3. The first kappa shape index (κ1) is 22.2. The van der Waals surface area contributed by atoms with Crippen LogP contribution in [0.4, 0.5) is 11.4 Å². The van der Waals surface area contributed by atoms with Crippen LogP contribution in [0.3, 0.4) is 0 Å². The lowest BCUT2D eigenvalue weighted by Gasteiger charge is -2.28. The molecule has 0 spiro atoms. The molecule has 1 N–H and O–H groups in total. The number of carbonyl (C=O) groups is 1. The molecule has 2 aromatic carbocycles. The van der Waals surface area contributed by atoms with Gasteiger partial charge in [0, 0.05) is 24.7 Å². The summed E-state index contributed by atoms with van der Waals surface area (Å²) in [5, 5.41) is 16.8. The number of nitrogens with one attached hydrogen (secondary N) is 1. The van der Waals surface area contributed by atoms with Crippen LogP contribution in [0.5, 0.6) is 0 Å². The lowest BCUT2D eigenvalue weighted by atomic mass is 10.0. The van der Waals surface area contributed by atoms with E-state index in [0.29, 0.717) is 22.4 Å². The average Bonchev–Trinajstić information content (AvgIpc) is 3.50.